The van der Waals surface area contributed by atoms with Gasteiger partial charge in [0.2, 0.25) is 11.9 Å². The number of anilines is 1. The van der Waals surface area contributed by atoms with Crippen LogP contribution in [0, 0.1) is 11.8 Å². The molecule has 3 atom stereocenters. The lowest BCUT2D eigenvalue weighted by Crippen LogP contribution is -2.53. The van der Waals surface area contributed by atoms with Crippen LogP contribution in [0.15, 0.2) is 30.5 Å². The van der Waals surface area contributed by atoms with Crippen LogP contribution in [0.5, 0.6) is 0 Å². The maximum atomic E-state index is 13.4. The SMILES string of the molecule is CCCN1C[C@@H](CC(=O)N(CC)CCN2CCc3ccccc3C2)C[C@@H]2Cc3nc(N)ncc3C[C@H]21. The highest BCUT2D eigenvalue weighted by Crippen LogP contribution is 2.37. The Kier molecular flexibility index (Phi) is 7.87. The molecule has 7 nitrogen and oxygen atoms in total. The van der Waals surface area contributed by atoms with E-state index < -0.39 is 0 Å². The van der Waals surface area contributed by atoms with E-state index in [0.29, 0.717) is 36.2 Å². The van der Waals surface area contributed by atoms with Gasteiger partial charge in [0.25, 0.3) is 0 Å². The maximum absolute atomic E-state index is 13.4. The Hall–Kier alpha value is -2.51. The lowest BCUT2D eigenvalue weighted by Gasteiger charge is -2.47. The number of nitrogens with zero attached hydrogens (tertiary/aromatic N) is 5. The molecule has 3 aliphatic rings. The molecule has 1 fully saturated rings. The Balaban J connectivity index is 1.18. The molecule has 0 radical (unpaired) electrons. The molecule has 2 aliphatic heterocycles. The lowest BCUT2D eigenvalue weighted by atomic mass is 9.73. The van der Waals surface area contributed by atoms with Crippen molar-refractivity contribution >= 4 is 11.9 Å². The van der Waals surface area contributed by atoms with Crippen molar-refractivity contribution in [1.82, 2.24) is 24.7 Å². The zero-order valence-electron chi connectivity index (χ0n) is 22.0. The number of carbonyl (C=O) groups excluding carboxylic acids is 1. The molecule has 1 aromatic carbocycles. The van der Waals surface area contributed by atoms with Crippen molar-refractivity contribution in [3.8, 4) is 0 Å². The van der Waals surface area contributed by atoms with Gasteiger partial charge in [0, 0.05) is 63.6 Å². The van der Waals surface area contributed by atoms with Gasteiger partial charge in [-0.2, -0.15) is 0 Å². The zero-order valence-corrected chi connectivity index (χ0v) is 22.0. The van der Waals surface area contributed by atoms with E-state index in [-0.39, 0.29) is 0 Å². The van der Waals surface area contributed by atoms with Gasteiger partial charge >= 0.3 is 0 Å². The standard InChI is InChI=1S/C29H42N6O/c1-3-10-35-19-21(14-24-16-26-25(17-27(24)35)18-31-29(30)32-26)15-28(36)34(4-2)13-12-33-11-9-22-7-5-6-8-23(22)20-33/h5-8,18,21,24,27H,3-4,9-17,19-20H2,1-2H3,(H2,30,31,32)/t21-,24-,27-/m1/s1. The highest BCUT2D eigenvalue weighted by Gasteiger charge is 2.40. The average Bonchev–Trinajstić information content (AvgIpc) is 2.88. The predicted octanol–water partition coefficient (Wildman–Crippen LogP) is 3.17. The molecule has 2 N–H and O–H groups in total. The van der Waals surface area contributed by atoms with Crippen molar-refractivity contribution in [1.29, 1.82) is 0 Å². The fourth-order valence-corrected chi connectivity index (χ4v) is 6.75. The highest BCUT2D eigenvalue weighted by atomic mass is 16.2. The van der Waals surface area contributed by atoms with E-state index >= 15 is 0 Å². The van der Waals surface area contributed by atoms with Crippen molar-refractivity contribution in [3.05, 3.63) is 52.8 Å². The number of aromatic nitrogens is 2. The van der Waals surface area contributed by atoms with Gasteiger partial charge in [-0.15, -0.1) is 0 Å². The van der Waals surface area contributed by atoms with Crippen LogP contribution in [0.3, 0.4) is 0 Å². The molecule has 0 saturated carbocycles. The second kappa shape index (κ2) is 11.3. The normalized spacial score (nSPS) is 24.0. The molecule has 0 spiro atoms. The number of fused-ring (bicyclic) bond motifs is 3. The number of nitrogens with two attached hydrogens (primary N) is 1. The fourth-order valence-electron chi connectivity index (χ4n) is 6.75. The molecule has 194 valence electrons. The van der Waals surface area contributed by atoms with Crippen LogP contribution < -0.4 is 5.73 Å². The van der Waals surface area contributed by atoms with Crippen molar-refractivity contribution in [2.75, 3.05) is 45.0 Å². The summed E-state index contributed by atoms with van der Waals surface area (Å²) in [6.45, 7) is 11.1. The van der Waals surface area contributed by atoms with Crippen LogP contribution in [-0.2, 0) is 30.6 Å². The minimum Gasteiger partial charge on any atom is -0.368 e. The molecular formula is C29H42N6O. The van der Waals surface area contributed by atoms with Crippen molar-refractivity contribution in [2.45, 2.75) is 65.0 Å². The largest absolute Gasteiger partial charge is 0.368 e. The first-order valence-corrected chi connectivity index (χ1v) is 13.9. The quantitative estimate of drug-likeness (QED) is 0.612. The number of benzene rings is 1. The van der Waals surface area contributed by atoms with Crippen LogP contribution in [-0.4, -0.2) is 75.9 Å². The predicted molar refractivity (Wildman–Crippen MR) is 143 cm³/mol. The minimum atomic E-state index is 0.317. The van der Waals surface area contributed by atoms with Crippen LogP contribution in [0.25, 0.3) is 0 Å². The summed E-state index contributed by atoms with van der Waals surface area (Å²) >= 11 is 0. The minimum absolute atomic E-state index is 0.317. The van der Waals surface area contributed by atoms with Gasteiger partial charge in [-0.05, 0) is 74.1 Å². The molecule has 36 heavy (non-hydrogen) atoms. The van der Waals surface area contributed by atoms with Gasteiger partial charge in [-0.25, -0.2) is 9.97 Å². The van der Waals surface area contributed by atoms with Gasteiger partial charge in [0.15, 0.2) is 0 Å². The first-order valence-electron chi connectivity index (χ1n) is 13.9. The maximum Gasteiger partial charge on any atom is 0.222 e. The Morgan fingerprint density at radius 2 is 1.97 bits per heavy atom. The Labute approximate surface area is 216 Å². The van der Waals surface area contributed by atoms with Gasteiger partial charge in [0.05, 0.1) is 0 Å². The van der Waals surface area contributed by atoms with Crippen molar-refractivity contribution in [3.63, 3.8) is 0 Å². The van der Waals surface area contributed by atoms with Gasteiger partial charge in [0.1, 0.15) is 0 Å². The van der Waals surface area contributed by atoms with E-state index in [1.165, 1.54) is 16.7 Å². The summed E-state index contributed by atoms with van der Waals surface area (Å²) in [5, 5.41) is 0. The second-order valence-electron chi connectivity index (χ2n) is 11.0. The third-order valence-corrected chi connectivity index (χ3v) is 8.60. The second-order valence-corrected chi connectivity index (χ2v) is 11.0. The summed E-state index contributed by atoms with van der Waals surface area (Å²) in [6.07, 6.45) is 7.86. The molecular weight excluding hydrogens is 448 g/mol. The van der Waals surface area contributed by atoms with Gasteiger partial charge in [-0.3, -0.25) is 14.6 Å². The monoisotopic (exact) mass is 490 g/mol. The third kappa shape index (κ3) is 5.57. The van der Waals surface area contributed by atoms with E-state index in [4.69, 9.17) is 5.73 Å². The molecule has 1 aliphatic carbocycles. The van der Waals surface area contributed by atoms with Crippen molar-refractivity contribution in [2.24, 2.45) is 11.8 Å². The van der Waals surface area contributed by atoms with E-state index in [9.17, 15) is 4.79 Å². The number of likely N-dealkylation sites (N-methyl/N-ethyl adjacent to an activating group) is 1. The fraction of sp³-hybridized carbons (Fsp3) is 0.621. The van der Waals surface area contributed by atoms with E-state index in [2.05, 4.69) is 62.8 Å². The van der Waals surface area contributed by atoms with Gasteiger partial charge in [-0.1, -0.05) is 31.2 Å². The Bertz CT molecular complexity index is 1060. The molecule has 1 saturated heterocycles. The molecule has 0 unspecified atom stereocenters. The molecule has 0 bridgehead atoms. The average molecular weight is 491 g/mol. The molecule has 5 rings (SSSR count). The number of piperidine rings is 1. The smallest absolute Gasteiger partial charge is 0.222 e. The number of rotatable bonds is 8. The number of hydrogen-bond donors (Lipinski definition) is 1. The number of likely N-dealkylation sites (tertiary alicyclic amines) is 1. The first kappa shape index (κ1) is 25.2. The first-order chi connectivity index (χ1) is 17.5. The van der Waals surface area contributed by atoms with E-state index in [1.807, 2.05) is 6.20 Å². The third-order valence-electron chi connectivity index (χ3n) is 8.60. The molecule has 1 amide bonds. The van der Waals surface area contributed by atoms with Crippen LogP contribution in [0.2, 0.25) is 0 Å². The van der Waals surface area contributed by atoms with E-state index in [1.54, 1.807) is 0 Å². The summed E-state index contributed by atoms with van der Waals surface area (Å²) in [5.41, 5.74) is 11.2. The molecule has 1 aromatic heterocycles. The number of carbonyl (C=O) groups is 1. The lowest BCUT2D eigenvalue weighted by molar-refractivity contribution is -0.133. The van der Waals surface area contributed by atoms with Gasteiger partial charge < -0.3 is 10.6 Å². The summed E-state index contributed by atoms with van der Waals surface area (Å²) in [7, 11) is 0. The van der Waals surface area contributed by atoms with E-state index in [0.717, 1.165) is 83.6 Å². The summed E-state index contributed by atoms with van der Waals surface area (Å²) < 4.78 is 0. The zero-order chi connectivity index (χ0) is 25.1. The van der Waals surface area contributed by atoms with Crippen molar-refractivity contribution < 1.29 is 4.79 Å². The number of nitrogen functional groups attached to an aromatic ring is 1. The summed E-state index contributed by atoms with van der Waals surface area (Å²) in [4.78, 5) is 29.5. The number of hydrogen-bond acceptors (Lipinski definition) is 6. The molecule has 2 aromatic rings. The Morgan fingerprint density at radius 1 is 1.14 bits per heavy atom. The van der Waals surface area contributed by atoms with Crippen LogP contribution in [0.1, 0.15) is 55.5 Å². The molecule has 3 heterocycles. The number of amides is 1. The molecule has 7 heteroatoms. The topological polar surface area (TPSA) is 78.6 Å². The van der Waals surface area contributed by atoms with Crippen LogP contribution >= 0.6 is 0 Å². The highest BCUT2D eigenvalue weighted by molar-refractivity contribution is 5.76. The Morgan fingerprint density at radius 3 is 2.78 bits per heavy atom. The van der Waals surface area contributed by atoms with Crippen LogP contribution in [0.4, 0.5) is 5.95 Å². The summed E-state index contributed by atoms with van der Waals surface area (Å²) in [5.74, 6) is 1.63. The summed E-state index contributed by atoms with van der Waals surface area (Å²) in [6, 6.07) is 9.29.